The number of carbonyl (C=O) groups is 1. The molecular formula is C29H30ClN3O5. The molecule has 0 aliphatic carbocycles. The third-order valence-electron chi connectivity index (χ3n) is 6.38. The average Bonchev–Trinajstić information content (AvgIpc) is 2.94. The molecule has 4 rings (SSSR count). The van der Waals surface area contributed by atoms with Gasteiger partial charge in [0.05, 0.1) is 36.9 Å². The van der Waals surface area contributed by atoms with Gasteiger partial charge in [-0.15, -0.1) is 0 Å². The zero-order chi connectivity index (χ0) is 27.2. The third-order valence-corrected chi connectivity index (χ3v) is 6.63. The van der Waals surface area contributed by atoms with Gasteiger partial charge < -0.3 is 19.1 Å². The molecule has 4 aromatic rings. The second-order valence-corrected chi connectivity index (χ2v) is 9.10. The van der Waals surface area contributed by atoms with Crippen LogP contribution in [0.4, 0.5) is 0 Å². The lowest BCUT2D eigenvalue weighted by molar-refractivity contribution is 0.0650. The van der Waals surface area contributed by atoms with Crippen molar-refractivity contribution in [1.29, 1.82) is 0 Å². The summed E-state index contributed by atoms with van der Waals surface area (Å²) in [5, 5.41) is 1.02. The summed E-state index contributed by atoms with van der Waals surface area (Å²) in [6, 6.07) is 18.7. The maximum absolute atomic E-state index is 14.1. The average molecular weight is 536 g/mol. The summed E-state index contributed by atoms with van der Waals surface area (Å²) in [5.41, 5.74) is 1.20. The fourth-order valence-electron chi connectivity index (χ4n) is 4.47. The third kappa shape index (κ3) is 5.37. The molecule has 38 heavy (non-hydrogen) atoms. The summed E-state index contributed by atoms with van der Waals surface area (Å²) in [5.74, 6) is 0.878. The highest BCUT2D eigenvalue weighted by molar-refractivity contribution is 6.30. The molecule has 1 amide bonds. The minimum absolute atomic E-state index is 0.237. The van der Waals surface area contributed by atoms with Gasteiger partial charge in [0.25, 0.3) is 11.5 Å². The Labute approximate surface area is 226 Å². The number of hydrogen-bond donors (Lipinski definition) is 0. The van der Waals surface area contributed by atoms with E-state index in [2.05, 4.69) is 0 Å². The Morgan fingerprint density at radius 2 is 1.63 bits per heavy atom. The normalized spacial score (nSPS) is 11.8. The first-order valence-corrected chi connectivity index (χ1v) is 12.6. The molecule has 3 aromatic carbocycles. The van der Waals surface area contributed by atoms with Gasteiger partial charge in [0.2, 0.25) is 0 Å². The minimum Gasteiger partial charge on any atom is -0.496 e. The SMILES string of the molecule is COCCCN(C(=O)c1c(OC)cccc1OC)C(C)c1nc2ccccc2c(=O)n1-c1ccc(Cl)cc1. The Morgan fingerprint density at radius 3 is 2.26 bits per heavy atom. The van der Waals surface area contributed by atoms with E-state index in [1.165, 1.54) is 14.2 Å². The highest BCUT2D eigenvalue weighted by Crippen LogP contribution is 2.33. The Hall–Kier alpha value is -3.88. The smallest absolute Gasteiger partial charge is 0.266 e. The van der Waals surface area contributed by atoms with Crippen molar-refractivity contribution in [3.8, 4) is 17.2 Å². The number of aromatic nitrogens is 2. The molecule has 1 atom stereocenters. The van der Waals surface area contributed by atoms with E-state index in [4.69, 9.17) is 30.8 Å². The number of rotatable bonds is 10. The number of nitrogens with zero attached hydrogens (tertiary/aromatic N) is 3. The molecule has 198 valence electrons. The van der Waals surface area contributed by atoms with Crippen LogP contribution < -0.4 is 15.0 Å². The number of carbonyl (C=O) groups excluding carboxylic acids is 1. The van der Waals surface area contributed by atoms with Gasteiger partial charge in [-0.1, -0.05) is 29.8 Å². The van der Waals surface area contributed by atoms with E-state index in [9.17, 15) is 9.59 Å². The molecule has 0 N–H and O–H groups in total. The van der Waals surface area contributed by atoms with Crippen molar-refractivity contribution >= 4 is 28.4 Å². The molecule has 8 nitrogen and oxygen atoms in total. The molecule has 0 aliphatic rings. The van der Waals surface area contributed by atoms with E-state index in [1.807, 2.05) is 13.0 Å². The van der Waals surface area contributed by atoms with Crippen molar-refractivity contribution in [3.63, 3.8) is 0 Å². The molecule has 1 aromatic heterocycles. The van der Waals surface area contributed by atoms with Crippen molar-refractivity contribution in [2.75, 3.05) is 34.5 Å². The summed E-state index contributed by atoms with van der Waals surface area (Å²) >= 11 is 6.13. The van der Waals surface area contributed by atoms with E-state index in [-0.39, 0.29) is 11.5 Å². The van der Waals surface area contributed by atoms with E-state index in [1.54, 1.807) is 77.2 Å². The number of methoxy groups -OCH3 is 3. The number of halogens is 1. The Bertz CT molecular complexity index is 1460. The summed E-state index contributed by atoms with van der Waals surface area (Å²) < 4.78 is 17.8. The molecular weight excluding hydrogens is 506 g/mol. The number of hydrogen-bond acceptors (Lipinski definition) is 6. The van der Waals surface area contributed by atoms with Gasteiger partial charge in [-0.3, -0.25) is 14.2 Å². The quantitative estimate of drug-likeness (QED) is 0.256. The van der Waals surface area contributed by atoms with Crippen molar-refractivity contribution in [2.24, 2.45) is 0 Å². The molecule has 1 unspecified atom stereocenters. The standard InChI is InChI=1S/C29H30ClN3O5/c1-19(32(17-8-18-36-2)29(35)26-24(37-3)11-7-12-25(26)38-4)27-31-23-10-6-5-9-22(23)28(34)33(27)21-15-13-20(30)14-16-21/h5-7,9-16,19H,8,17-18H2,1-4H3. The van der Waals surface area contributed by atoms with Gasteiger partial charge in [-0.2, -0.15) is 0 Å². The summed E-state index contributed by atoms with van der Waals surface area (Å²) in [6.45, 7) is 2.66. The molecule has 0 fully saturated rings. The summed E-state index contributed by atoms with van der Waals surface area (Å²) in [4.78, 5) is 34.5. The van der Waals surface area contributed by atoms with Crippen LogP contribution in [0, 0.1) is 0 Å². The molecule has 0 bridgehead atoms. The van der Waals surface area contributed by atoms with Crippen LogP contribution in [0.25, 0.3) is 16.6 Å². The lowest BCUT2D eigenvalue weighted by Crippen LogP contribution is -2.38. The predicted molar refractivity (Wildman–Crippen MR) is 148 cm³/mol. The van der Waals surface area contributed by atoms with Crippen LogP contribution in [0.2, 0.25) is 5.02 Å². The minimum atomic E-state index is -0.609. The zero-order valence-electron chi connectivity index (χ0n) is 21.8. The molecule has 9 heteroatoms. The van der Waals surface area contributed by atoms with E-state index in [0.29, 0.717) is 64.1 Å². The molecule has 0 saturated heterocycles. The van der Waals surface area contributed by atoms with Crippen molar-refractivity contribution in [3.05, 3.63) is 93.5 Å². The second kappa shape index (κ2) is 12.1. The van der Waals surface area contributed by atoms with E-state index >= 15 is 0 Å². The van der Waals surface area contributed by atoms with Gasteiger partial charge >= 0.3 is 0 Å². The summed E-state index contributed by atoms with van der Waals surface area (Å²) in [6.07, 6.45) is 0.572. The highest BCUT2D eigenvalue weighted by Gasteiger charge is 2.31. The first kappa shape index (κ1) is 27.2. The molecule has 0 spiro atoms. The van der Waals surface area contributed by atoms with Crippen LogP contribution in [0.5, 0.6) is 11.5 Å². The van der Waals surface area contributed by atoms with Crippen LogP contribution in [-0.4, -0.2) is 54.8 Å². The van der Waals surface area contributed by atoms with Gasteiger partial charge in [0, 0.05) is 25.3 Å². The molecule has 1 heterocycles. The number of amides is 1. The van der Waals surface area contributed by atoms with Crippen LogP contribution >= 0.6 is 11.6 Å². The highest BCUT2D eigenvalue weighted by atomic mass is 35.5. The van der Waals surface area contributed by atoms with Gasteiger partial charge in [-0.25, -0.2) is 4.98 Å². The summed E-state index contributed by atoms with van der Waals surface area (Å²) in [7, 11) is 4.63. The first-order valence-electron chi connectivity index (χ1n) is 12.2. The van der Waals surface area contributed by atoms with Crippen molar-refractivity contribution in [1.82, 2.24) is 14.5 Å². The Balaban J connectivity index is 1.92. The lowest BCUT2D eigenvalue weighted by Gasteiger charge is -2.31. The first-order chi connectivity index (χ1) is 18.4. The van der Waals surface area contributed by atoms with Gasteiger partial charge in [0.1, 0.15) is 22.9 Å². The number of benzene rings is 3. The number of ether oxygens (including phenoxy) is 3. The molecule has 0 aliphatic heterocycles. The van der Waals surface area contributed by atoms with Gasteiger partial charge in [-0.05, 0) is 61.9 Å². The van der Waals surface area contributed by atoms with Crippen LogP contribution in [0.1, 0.15) is 35.6 Å². The second-order valence-electron chi connectivity index (χ2n) is 8.66. The number of para-hydroxylation sites is 1. The van der Waals surface area contributed by atoms with E-state index in [0.717, 1.165) is 0 Å². The lowest BCUT2D eigenvalue weighted by atomic mass is 10.1. The largest absolute Gasteiger partial charge is 0.496 e. The predicted octanol–water partition coefficient (Wildman–Crippen LogP) is 5.30. The van der Waals surface area contributed by atoms with Crippen LogP contribution in [-0.2, 0) is 4.74 Å². The number of fused-ring (bicyclic) bond motifs is 1. The van der Waals surface area contributed by atoms with E-state index < -0.39 is 6.04 Å². The fraction of sp³-hybridized carbons (Fsp3) is 0.276. The molecule has 0 radical (unpaired) electrons. The Kier molecular flexibility index (Phi) is 8.66. The Morgan fingerprint density at radius 1 is 0.974 bits per heavy atom. The van der Waals surface area contributed by atoms with Crippen molar-refractivity contribution in [2.45, 2.75) is 19.4 Å². The van der Waals surface area contributed by atoms with Crippen LogP contribution in [0.3, 0.4) is 0 Å². The zero-order valence-corrected chi connectivity index (χ0v) is 22.6. The van der Waals surface area contributed by atoms with Crippen molar-refractivity contribution < 1.29 is 19.0 Å². The fourth-order valence-corrected chi connectivity index (χ4v) is 4.59. The maximum atomic E-state index is 14.1. The molecule has 0 saturated carbocycles. The topological polar surface area (TPSA) is 82.9 Å². The van der Waals surface area contributed by atoms with Gasteiger partial charge in [0.15, 0.2) is 0 Å². The monoisotopic (exact) mass is 535 g/mol. The van der Waals surface area contributed by atoms with Crippen LogP contribution in [0.15, 0.2) is 71.5 Å². The maximum Gasteiger partial charge on any atom is 0.266 e.